The van der Waals surface area contributed by atoms with Gasteiger partial charge in [-0.2, -0.15) is 0 Å². The molecule has 0 fully saturated rings. The van der Waals surface area contributed by atoms with Crippen molar-refractivity contribution in [2.75, 3.05) is 0 Å². The normalized spacial score (nSPS) is 11.0. The van der Waals surface area contributed by atoms with Gasteiger partial charge in [0.2, 0.25) is 0 Å². The molecule has 2 aromatic rings. The lowest BCUT2D eigenvalue weighted by atomic mass is 10.1. The van der Waals surface area contributed by atoms with E-state index in [4.69, 9.17) is 0 Å². The van der Waals surface area contributed by atoms with Crippen LogP contribution in [0.25, 0.3) is 0 Å². The highest BCUT2D eigenvalue weighted by molar-refractivity contribution is 7.07. The van der Waals surface area contributed by atoms with Crippen LogP contribution < -0.4 is 5.32 Å². The van der Waals surface area contributed by atoms with Crippen LogP contribution >= 0.6 is 11.3 Å². The van der Waals surface area contributed by atoms with Crippen LogP contribution in [0, 0.1) is 0 Å². The summed E-state index contributed by atoms with van der Waals surface area (Å²) in [6.45, 7) is 1.35. The van der Waals surface area contributed by atoms with E-state index in [1.165, 1.54) is 12.1 Å². The maximum Gasteiger partial charge on any atom is 0.263 e. The zero-order chi connectivity index (χ0) is 12.1. The van der Waals surface area contributed by atoms with Crippen LogP contribution in [0.2, 0.25) is 0 Å². The van der Waals surface area contributed by atoms with Crippen molar-refractivity contribution in [3.63, 3.8) is 0 Å². The number of aromatic nitrogens is 1. The number of nitrogens with one attached hydrogen (secondary N) is 1. The molecule has 5 heteroatoms. The second-order valence-corrected chi connectivity index (χ2v) is 4.34. The van der Waals surface area contributed by atoms with Gasteiger partial charge in [-0.25, -0.2) is 13.8 Å². The average Bonchev–Trinajstić information content (AvgIpc) is 2.83. The molecular formula is C12H12F2N2S. The largest absolute Gasteiger partial charge is 0.307 e. The van der Waals surface area contributed by atoms with Gasteiger partial charge < -0.3 is 5.32 Å². The lowest BCUT2D eigenvalue weighted by Crippen LogP contribution is -2.12. The van der Waals surface area contributed by atoms with Crippen LogP contribution in [-0.2, 0) is 13.1 Å². The van der Waals surface area contributed by atoms with Crippen LogP contribution in [0.4, 0.5) is 8.78 Å². The Morgan fingerprint density at radius 1 is 1.18 bits per heavy atom. The number of nitrogens with zero attached hydrogens (tertiary/aromatic N) is 1. The quantitative estimate of drug-likeness (QED) is 0.884. The molecule has 0 aliphatic carbocycles. The zero-order valence-corrected chi connectivity index (χ0v) is 9.88. The molecule has 0 aliphatic heterocycles. The first-order chi connectivity index (χ1) is 8.25. The SMILES string of the molecule is FC(F)c1ccc(CNCc2cscn2)cc1. The monoisotopic (exact) mass is 254 g/mol. The number of hydrogen-bond acceptors (Lipinski definition) is 3. The Labute approximate surface area is 102 Å². The second-order valence-electron chi connectivity index (χ2n) is 3.63. The number of hydrogen-bond donors (Lipinski definition) is 1. The molecule has 2 nitrogen and oxygen atoms in total. The van der Waals surface area contributed by atoms with Crippen molar-refractivity contribution in [1.29, 1.82) is 0 Å². The minimum absolute atomic E-state index is 0.0632. The van der Waals surface area contributed by atoms with Crippen LogP contribution in [0.15, 0.2) is 35.2 Å². The average molecular weight is 254 g/mol. The molecule has 0 unspecified atom stereocenters. The van der Waals surface area contributed by atoms with Gasteiger partial charge in [-0.3, -0.25) is 0 Å². The maximum atomic E-state index is 12.3. The Morgan fingerprint density at radius 3 is 2.53 bits per heavy atom. The predicted octanol–water partition coefficient (Wildman–Crippen LogP) is 3.37. The van der Waals surface area contributed by atoms with E-state index in [0.717, 1.165) is 11.3 Å². The first kappa shape index (κ1) is 12.1. The van der Waals surface area contributed by atoms with E-state index in [1.54, 1.807) is 29.0 Å². The van der Waals surface area contributed by atoms with Crippen molar-refractivity contribution in [2.24, 2.45) is 0 Å². The first-order valence-corrected chi connectivity index (χ1v) is 6.15. The first-order valence-electron chi connectivity index (χ1n) is 5.20. The topological polar surface area (TPSA) is 24.9 Å². The Balaban J connectivity index is 1.83. The summed E-state index contributed by atoms with van der Waals surface area (Å²) in [5.74, 6) is 0. The highest BCUT2D eigenvalue weighted by Gasteiger charge is 2.05. The van der Waals surface area contributed by atoms with Crippen LogP contribution in [0.1, 0.15) is 23.2 Å². The third-order valence-electron chi connectivity index (χ3n) is 2.35. The molecule has 0 aliphatic rings. The third-order valence-corrected chi connectivity index (χ3v) is 2.99. The molecule has 17 heavy (non-hydrogen) atoms. The van der Waals surface area contributed by atoms with Gasteiger partial charge in [-0.15, -0.1) is 11.3 Å². The molecule has 1 aromatic carbocycles. The molecule has 1 heterocycles. The predicted molar refractivity (Wildman–Crippen MR) is 64.1 cm³/mol. The summed E-state index contributed by atoms with van der Waals surface area (Å²) in [5.41, 5.74) is 3.84. The molecule has 0 saturated carbocycles. The third kappa shape index (κ3) is 3.57. The molecule has 0 atom stereocenters. The standard InChI is InChI=1S/C12H12F2N2S/c13-12(14)10-3-1-9(2-4-10)5-15-6-11-7-17-8-16-11/h1-4,7-8,12,15H,5-6H2. The van der Waals surface area contributed by atoms with E-state index in [9.17, 15) is 8.78 Å². The molecule has 0 spiro atoms. The summed E-state index contributed by atoms with van der Waals surface area (Å²) in [7, 11) is 0. The van der Waals surface area contributed by atoms with Gasteiger partial charge in [0, 0.05) is 24.0 Å². The van der Waals surface area contributed by atoms with Crippen molar-refractivity contribution in [3.8, 4) is 0 Å². The summed E-state index contributed by atoms with van der Waals surface area (Å²) in [5, 5.41) is 5.19. The minimum Gasteiger partial charge on any atom is -0.307 e. The van der Waals surface area contributed by atoms with Gasteiger partial charge in [-0.1, -0.05) is 24.3 Å². The van der Waals surface area contributed by atoms with E-state index in [1.807, 2.05) is 5.38 Å². The molecule has 0 radical (unpaired) electrons. The number of halogens is 2. The van der Waals surface area contributed by atoms with Crippen molar-refractivity contribution in [1.82, 2.24) is 10.3 Å². The van der Waals surface area contributed by atoms with E-state index >= 15 is 0 Å². The van der Waals surface area contributed by atoms with E-state index in [0.29, 0.717) is 13.1 Å². The fourth-order valence-electron chi connectivity index (χ4n) is 1.44. The maximum absolute atomic E-state index is 12.3. The molecule has 0 saturated heterocycles. The summed E-state index contributed by atoms with van der Waals surface area (Å²) in [6, 6.07) is 6.36. The van der Waals surface area contributed by atoms with Gasteiger partial charge >= 0.3 is 0 Å². The number of benzene rings is 1. The van der Waals surface area contributed by atoms with Crippen molar-refractivity contribution in [3.05, 3.63) is 52.0 Å². The van der Waals surface area contributed by atoms with Gasteiger partial charge in [-0.05, 0) is 5.56 Å². The summed E-state index contributed by atoms with van der Waals surface area (Å²) < 4.78 is 24.6. The molecule has 1 N–H and O–H groups in total. The Hall–Kier alpha value is -1.33. The Morgan fingerprint density at radius 2 is 1.94 bits per heavy atom. The van der Waals surface area contributed by atoms with Crippen LogP contribution in [0.3, 0.4) is 0 Å². The minimum atomic E-state index is -2.40. The summed E-state index contributed by atoms with van der Waals surface area (Å²) >= 11 is 1.56. The number of thiazole rings is 1. The molecule has 1 aromatic heterocycles. The Bertz CT molecular complexity index is 440. The van der Waals surface area contributed by atoms with E-state index in [-0.39, 0.29) is 5.56 Å². The lowest BCUT2D eigenvalue weighted by Gasteiger charge is -2.04. The van der Waals surface area contributed by atoms with Crippen LogP contribution in [0.5, 0.6) is 0 Å². The molecule has 2 rings (SSSR count). The lowest BCUT2D eigenvalue weighted by molar-refractivity contribution is 0.151. The van der Waals surface area contributed by atoms with E-state index in [2.05, 4.69) is 10.3 Å². The molecule has 0 amide bonds. The highest BCUT2D eigenvalue weighted by Crippen LogP contribution is 2.18. The fourth-order valence-corrected chi connectivity index (χ4v) is 2.00. The highest BCUT2D eigenvalue weighted by atomic mass is 32.1. The summed E-state index contributed by atoms with van der Waals surface area (Å²) in [6.07, 6.45) is -2.40. The molecule has 90 valence electrons. The smallest absolute Gasteiger partial charge is 0.263 e. The summed E-state index contributed by atoms with van der Waals surface area (Å²) in [4.78, 5) is 4.14. The van der Waals surface area contributed by atoms with Gasteiger partial charge in [0.15, 0.2) is 0 Å². The van der Waals surface area contributed by atoms with Crippen LogP contribution in [-0.4, -0.2) is 4.98 Å². The van der Waals surface area contributed by atoms with Crippen molar-refractivity contribution >= 4 is 11.3 Å². The van der Waals surface area contributed by atoms with Crippen molar-refractivity contribution in [2.45, 2.75) is 19.5 Å². The van der Waals surface area contributed by atoms with Gasteiger partial charge in [0.1, 0.15) is 0 Å². The number of alkyl halides is 2. The van der Waals surface area contributed by atoms with Crippen molar-refractivity contribution < 1.29 is 8.78 Å². The fraction of sp³-hybridized carbons (Fsp3) is 0.250. The Kier molecular flexibility index (Phi) is 4.17. The second kappa shape index (κ2) is 5.84. The van der Waals surface area contributed by atoms with E-state index < -0.39 is 6.43 Å². The molecular weight excluding hydrogens is 242 g/mol. The van der Waals surface area contributed by atoms with Gasteiger partial charge in [0.25, 0.3) is 6.43 Å². The zero-order valence-electron chi connectivity index (χ0n) is 9.07. The van der Waals surface area contributed by atoms with Gasteiger partial charge in [0.05, 0.1) is 11.2 Å². The molecule has 0 bridgehead atoms. The number of rotatable bonds is 5.